The summed E-state index contributed by atoms with van der Waals surface area (Å²) in [6, 6.07) is 8.24. The van der Waals surface area contributed by atoms with Crippen molar-refractivity contribution in [2.45, 2.75) is 40.2 Å². The Labute approximate surface area is 108 Å². The molecular weight excluding hydrogens is 228 g/mol. The minimum Gasteiger partial charge on any atom is -0.481 e. The summed E-state index contributed by atoms with van der Waals surface area (Å²) in [4.78, 5) is 9.00. The van der Waals surface area contributed by atoms with Crippen LogP contribution in [0.3, 0.4) is 0 Å². The second-order valence-electron chi connectivity index (χ2n) is 5.55. The van der Waals surface area contributed by atoms with Gasteiger partial charge in [-0.1, -0.05) is 45.0 Å². The SMILES string of the molecule is CC(=O)O.C[C@H]1Cc2ccccc2[C@H](O)C1(C)C. The van der Waals surface area contributed by atoms with E-state index in [9.17, 15) is 5.11 Å². The van der Waals surface area contributed by atoms with E-state index in [1.54, 1.807) is 0 Å². The minimum absolute atomic E-state index is 0.00560. The number of rotatable bonds is 0. The van der Waals surface area contributed by atoms with Crippen LogP contribution in [0.2, 0.25) is 0 Å². The van der Waals surface area contributed by atoms with Crippen LogP contribution < -0.4 is 0 Å². The fraction of sp³-hybridized carbons (Fsp3) is 0.533. The monoisotopic (exact) mass is 250 g/mol. The molecule has 2 rings (SSSR count). The molecule has 100 valence electrons. The molecule has 1 aliphatic rings. The summed E-state index contributed by atoms with van der Waals surface area (Å²) < 4.78 is 0. The Morgan fingerprint density at radius 2 is 1.83 bits per heavy atom. The van der Waals surface area contributed by atoms with Crippen LogP contribution in [0.15, 0.2) is 24.3 Å². The molecule has 0 amide bonds. The number of carboxylic acids is 1. The molecule has 1 aliphatic carbocycles. The van der Waals surface area contributed by atoms with E-state index in [1.807, 2.05) is 12.1 Å². The lowest BCUT2D eigenvalue weighted by Gasteiger charge is -2.42. The van der Waals surface area contributed by atoms with Crippen LogP contribution in [0, 0.1) is 11.3 Å². The predicted octanol–water partition coefficient (Wildman–Crippen LogP) is 3.03. The van der Waals surface area contributed by atoms with Gasteiger partial charge in [-0.05, 0) is 28.9 Å². The second-order valence-corrected chi connectivity index (χ2v) is 5.55. The molecule has 3 nitrogen and oxygen atoms in total. The summed E-state index contributed by atoms with van der Waals surface area (Å²) in [6.07, 6.45) is 0.766. The molecule has 0 spiro atoms. The Balaban J connectivity index is 0.000000357. The molecule has 2 N–H and O–H groups in total. The average molecular weight is 250 g/mol. The number of carbonyl (C=O) groups is 1. The van der Waals surface area contributed by atoms with Gasteiger partial charge in [0.05, 0.1) is 6.10 Å². The van der Waals surface area contributed by atoms with Crippen molar-refractivity contribution < 1.29 is 15.0 Å². The topological polar surface area (TPSA) is 57.5 Å². The first-order valence-electron chi connectivity index (χ1n) is 6.22. The van der Waals surface area contributed by atoms with Crippen molar-refractivity contribution in [3.8, 4) is 0 Å². The van der Waals surface area contributed by atoms with E-state index in [0.29, 0.717) is 5.92 Å². The van der Waals surface area contributed by atoms with Gasteiger partial charge < -0.3 is 10.2 Å². The summed E-state index contributed by atoms with van der Waals surface area (Å²) in [5, 5.41) is 17.7. The highest BCUT2D eigenvalue weighted by Crippen LogP contribution is 2.46. The summed E-state index contributed by atoms with van der Waals surface area (Å²) in [6.45, 7) is 7.61. The summed E-state index contributed by atoms with van der Waals surface area (Å²) in [7, 11) is 0. The van der Waals surface area contributed by atoms with Crippen LogP contribution in [-0.2, 0) is 11.2 Å². The first kappa shape index (κ1) is 14.7. The number of hydrogen-bond donors (Lipinski definition) is 2. The van der Waals surface area contributed by atoms with Gasteiger partial charge in [-0.3, -0.25) is 4.79 Å². The van der Waals surface area contributed by atoms with Crippen LogP contribution in [0.4, 0.5) is 0 Å². The maximum absolute atomic E-state index is 10.3. The van der Waals surface area contributed by atoms with Crippen molar-refractivity contribution in [3.05, 3.63) is 35.4 Å². The number of aliphatic carboxylic acids is 1. The maximum atomic E-state index is 10.3. The molecule has 0 heterocycles. The summed E-state index contributed by atoms with van der Waals surface area (Å²) in [5.74, 6) is -0.299. The Morgan fingerprint density at radius 1 is 1.33 bits per heavy atom. The largest absolute Gasteiger partial charge is 0.481 e. The zero-order valence-corrected chi connectivity index (χ0v) is 11.5. The molecule has 0 radical (unpaired) electrons. The quantitative estimate of drug-likeness (QED) is 0.744. The van der Waals surface area contributed by atoms with Gasteiger partial charge in [0.2, 0.25) is 0 Å². The third-order valence-electron chi connectivity index (χ3n) is 3.85. The van der Waals surface area contributed by atoms with Crippen LogP contribution >= 0.6 is 0 Å². The average Bonchev–Trinajstić information content (AvgIpc) is 2.26. The molecule has 0 unspecified atom stereocenters. The Hall–Kier alpha value is -1.35. The van der Waals surface area contributed by atoms with Crippen molar-refractivity contribution in [2.75, 3.05) is 0 Å². The third-order valence-corrected chi connectivity index (χ3v) is 3.85. The highest BCUT2D eigenvalue weighted by atomic mass is 16.4. The van der Waals surface area contributed by atoms with Gasteiger partial charge in [0, 0.05) is 6.92 Å². The number of carboxylic acid groups (broad SMARTS) is 1. The molecule has 0 saturated carbocycles. The number of aliphatic hydroxyl groups is 1. The standard InChI is InChI=1S/C13H18O.C2H4O2/c1-9-8-10-6-4-5-7-11(10)12(14)13(9,2)3;1-2(3)4/h4-7,9,12,14H,8H2,1-3H3;1H3,(H,3,4)/t9-,12-;/m0./s1. The van der Waals surface area contributed by atoms with E-state index in [4.69, 9.17) is 9.90 Å². The third kappa shape index (κ3) is 3.10. The molecule has 0 bridgehead atoms. The molecule has 1 aromatic rings. The van der Waals surface area contributed by atoms with E-state index in [-0.39, 0.29) is 11.5 Å². The zero-order chi connectivity index (χ0) is 13.9. The van der Waals surface area contributed by atoms with E-state index >= 15 is 0 Å². The molecule has 1 aromatic carbocycles. The van der Waals surface area contributed by atoms with Crippen LogP contribution in [0.1, 0.15) is 44.9 Å². The molecule has 2 atom stereocenters. The Bertz CT molecular complexity index is 420. The molecule has 0 saturated heterocycles. The Kier molecular flexibility index (Phi) is 4.52. The maximum Gasteiger partial charge on any atom is 0.300 e. The molecule has 0 fully saturated rings. The highest BCUT2D eigenvalue weighted by molar-refractivity contribution is 5.62. The highest BCUT2D eigenvalue weighted by Gasteiger charge is 2.39. The molecule has 0 aromatic heterocycles. The van der Waals surface area contributed by atoms with E-state index in [0.717, 1.165) is 18.9 Å². The van der Waals surface area contributed by atoms with E-state index in [1.165, 1.54) is 5.56 Å². The smallest absolute Gasteiger partial charge is 0.300 e. The van der Waals surface area contributed by atoms with Crippen molar-refractivity contribution in [1.82, 2.24) is 0 Å². The fourth-order valence-corrected chi connectivity index (χ4v) is 2.25. The zero-order valence-electron chi connectivity index (χ0n) is 11.5. The number of benzene rings is 1. The van der Waals surface area contributed by atoms with Crippen LogP contribution in [0.25, 0.3) is 0 Å². The van der Waals surface area contributed by atoms with Gasteiger partial charge >= 0.3 is 0 Å². The lowest BCUT2D eigenvalue weighted by Crippen LogP contribution is -2.35. The first-order valence-corrected chi connectivity index (χ1v) is 6.22. The van der Waals surface area contributed by atoms with Crippen LogP contribution in [-0.4, -0.2) is 16.2 Å². The van der Waals surface area contributed by atoms with Crippen molar-refractivity contribution in [2.24, 2.45) is 11.3 Å². The van der Waals surface area contributed by atoms with Crippen molar-refractivity contribution in [3.63, 3.8) is 0 Å². The van der Waals surface area contributed by atoms with Gasteiger partial charge in [-0.15, -0.1) is 0 Å². The van der Waals surface area contributed by atoms with Crippen molar-refractivity contribution >= 4 is 5.97 Å². The van der Waals surface area contributed by atoms with Gasteiger partial charge in [0.15, 0.2) is 0 Å². The Morgan fingerprint density at radius 3 is 2.39 bits per heavy atom. The fourth-order valence-electron chi connectivity index (χ4n) is 2.25. The number of aliphatic hydroxyl groups excluding tert-OH is 1. The summed E-state index contributed by atoms with van der Waals surface area (Å²) in [5.41, 5.74) is 2.43. The molecule has 3 heteroatoms. The number of hydrogen-bond acceptors (Lipinski definition) is 2. The van der Waals surface area contributed by atoms with Crippen LogP contribution in [0.5, 0.6) is 0 Å². The minimum atomic E-state index is -0.833. The predicted molar refractivity (Wildman–Crippen MR) is 71.4 cm³/mol. The first-order chi connectivity index (χ1) is 8.26. The molecule has 0 aliphatic heterocycles. The molecular formula is C15H22O3. The lowest BCUT2D eigenvalue weighted by molar-refractivity contribution is -0.134. The molecule has 18 heavy (non-hydrogen) atoms. The van der Waals surface area contributed by atoms with Gasteiger partial charge in [0.1, 0.15) is 0 Å². The summed E-state index contributed by atoms with van der Waals surface area (Å²) >= 11 is 0. The normalized spacial score (nSPS) is 24.5. The van der Waals surface area contributed by atoms with E-state index in [2.05, 4.69) is 32.9 Å². The van der Waals surface area contributed by atoms with Gasteiger partial charge in [-0.2, -0.15) is 0 Å². The number of fused-ring (bicyclic) bond motifs is 1. The lowest BCUT2D eigenvalue weighted by atomic mass is 9.65. The van der Waals surface area contributed by atoms with E-state index < -0.39 is 5.97 Å². The van der Waals surface area contributed by atoms with Gasteiger partial charge in [-0.25, -0.2) is 0 Å². The second kappa shape index (κ2) is 5.53. The van der Waals surface area contributed by atoms with Gasteiger partial charge in [0.25, 0.3) is 5.97 Å². The van der Waals surface area contributed by atoms with Crippen molar-refractivity contribution in [1.29, 1.82) is 0 Å².